The first-order valence-electron chi connectivity index (χ1n) is 8.85. The average Bonchev–Trinajstić information content (AvgIpc) is 2.71. The summed E-state index contributed by atoms with van der Waals surface area (Å²) >= 11 is 5.93. The van der Waals surface area contributed by atoms with E-state index in [0.717, 1.165) is 34.7 Å². The van der Waals surface area contributed by atoms with Crippen LogP contribution in [0.2, 0.25) is 5.02 Å². The van der Waals surface area contributed by atoms with Crippen LogP contribution in [0.5, 0.6) is 0 Å². The number of halogens is 4. The number of hydrogen-bond acceptors (Lipinski definition) is 5. The first-order valence-corrected chi connectivity index (χ1v) is 10.7. The fourth-order valence-corrected chi connectivity index (χ4v) is 3.73. The van der Waals surface area contributed by atoms with Crippen LogP contribution in [0.4, 0.5) is 18.9 Å². The quantitative estimate of drug-likeness (QED) is 0.470. The van der Waals surface area contributed by atoms with Gasteiger partial charge in [-0.1, -0.05) is 23.7 Å². The van der Waals surface area contributed by atoms with Crippen LogP contribution in [-0.4, -0.2) is 45.3 Å². The van der Waals surface area contributed by atoms with Crippen LogP contribution in [0.25, 0.3) is 6.08 Å². The minimum Gasteiger partial charge on any atom is -0.452 e. The predicted octanol–water partition coefficient (Wildman–Crippen LogP) is 3.80. The Morgan fingerprint density at radius 2 is 1.84 bits per heavy atom. The maximum absolute atomic E-state index is 12.7. The minimum atomic E-state index is -4.52. The predicted molar refractivity (Wildman–Crippen MR) is 112 cm³/mol. The van der Waals surface area contributed by atoms with E-state index in [0.29, 0.717) is 0 Å². The number of carbonyl (C=O) groups is 2. The molecule has 0 atom stereocenters. The van der Waals surface area contributed by atoms with Crippen LogP contribution in [0.3, 0.4) is 0 Å². The van der Waals surface area contributed by atoms with Gasteiger partial charge < -0.3 is 10.1 Å². The number of amides is 1. The van der Waals surface area contributed by atoms with Crippen molar-refractivity contribution in [1.29, 1.82) is 0 Å². The highest BCUT2D eigenvalue weighted by Gasteiger charge is 2.30. The molecule has 0 spiro atoms. The molecule has 0 aliphatic carbocycles. The Morgan fingerprint density at radius 3 is 2.47 bits per heavy atom. The summed E-state index contributed by atoms with van der Waals surface area (Å²) in [4.78, 5) is 23.5. The van der Waals surface area contributed by atoms with Gasteiger partial charge in [-0.2, -0.15) is 13.2 Å². The van der Waals surface area contributed by atoms with Crippen molar-refractivity contribution in [2.24, 2.45) is 0 Å². The number of benzene rings is 2. The Hall–Kier alpha value is -2.89. The Bertz CT molecular complexity index is 1150. The number of carbonyl (C=O) groups excluding carboxylic acids is 2. The molecular formula is C20H18ClF3N2O5S. The van der Waals surface area contributed by atoms with Crippen molar-refractivity contribution < 1.29 is 35.9 Å². The number of nitrogens with one attached hydrogen (secondary N) is 1. The van der Waals surface area contributed by atoms with Gasteiger partial charge in [-0.15, -0.1) is 0 Å². The van der Waals surface area contributed by atoms with Gasteiger partial charge in [-0.25, -0.2) is 17.5 Å². The zero-order valence-electron chi connectivity index (χ0n) is 16.8. The summed E-state index contributed by atoms with van der Waals surface area (Å²) in [7, 11) is -1.21. The molecular weight excluding hydrogens is 473 g/mol. The van der Waals surface area contributed by atoms with E-state index in [1.165, 1.54) is 38.4 Å². The molecule has 2 rings (SSSR count). The minimum absolute atomic E-state index is 0.0390. The van der Waals surface area contributed by atoms with Crippen molar-refractivity contribution in [2.75, 3.05) is 26.0 Å². The van der Waals surface area contributed by atoms with Crippen LogP contribution in [-0.2, 0) is 30.5 Å². The van der Waals surface area contributed by atoms with E-state index in [9.17, 15) is 31.2 Å². The van der Waals surface area contributed by atoms with Gasteiger partial charge in [0.1, 0.15) is 4.90 Å². The Labute approximate surface area is 187 Å². The molecule has 1 amide bonds. The molecule has 0 aromatic heterocycles. The molecule has 0 heterocycles. The molecule has 0 saturated heterocycles. The number of ether oxygens (including phenoxy) is 1. The lowest BCUT2D eigenvalue weighted by Gasteiger charge is -2.14. The van der Waals surface area contributed by atoms with E-state index in [1.54, 1.807) is 0 Å². The van der Waals surface area contributed by atoms with Crippen LogP contribution in [0, 0.1) is 0 Å². The summed E-state index contributed by atoms with van der Waals surface area (Å²) in [5.41, 5.74) is -0.640. The normalized spacial score (nSPS) is 12.2. The summed E-state index contributed by atoms with van der Waals surface area (Å²) in [5, 5.41) is 2.33. The smallest absolute Gasteiger partial charge is 0.416 e. The number of alkyl halides is 3. The van der Waals surface area contributed by atoms with Gasteiger partial charge in [0.15, 0.2) is 6.61 Å². The van der Waals surface area contributed by atoms with E-state index in [2.05, 4.69) is 5.32 Å². The molecule has 1 N–H and O–H groups in total. The fourth-order valence-electron chi connectivity index (χ4n) is 2.34. The summed E-state index contributed by atoms with van der Waals surface area (Å²) in [5.74, 6) is -1.72. The second-order valence-electron chi connectivity index (χ2n) is 6.55. The van der Waals surface area contributed by atoms with E-state index in [-0.39, 0.29) is 21.2 Å². The summed E-state index contributed by atoms with van der Waals surface area (Å²) in [6.07, 6.45) is -2.52. The zero-order valence-corrected chi connectivity index (χ0v) is 18.4. The van der Waals surface area contributed by atoms with Crippen molar-refractivity contribution in [1.82, 2.24) is 4.31 Å². The summed E-state index contributed by atoms with van der Waals surface area (Å²) in [6.45, 7) is -0.704. The van der Waals surface area contributed by atoms with E-state index < -0.39 is 40.2 Å². The lowest BCUT2D eigenvalue weighted by Crippen LogP contribution is -2.23. The van der Waals surface area contributed by atoms with Crippen molar-refractivity contribution in [3.63, 3.8) is 0 Å². The summed E-state index contributed by atoms with van der Waals surface area (Å²) < 4.78 is 68.3. The molecule has 0 radical (unpaired) electrons. The monoisotopic (exact) mass is 490 g/mol. The third kappa shape index (κ3) is 6.81. The molecule has 0 aliphatic rings. The highest BCUT2D eigenvalue weighted by Crippen LogP contribution is 2.30. The topological polar surface area (TPSA) is 92.8 Å². The maximum Gasteiger partial charge on any atom is 0.416 e. The number of nitrogens with zero attached hydrogens (tertiary/aromatic N) is 1. The Kier molecular flexibility index (Phi) is 8.05. The second kappa shape index (κ2) is 10.2. The molecule has 7 nitrogen and oxygen atoms in total. The third-order valence-corrected chi connectivity index (χ3v) is 6.24. The van der Waals surface area contributed by atoms with Crippen LogP contribution in [0.1, 0.15) is 11.1 Å². The zero-order chi connectivity index (χ0) is 24.1. The largest absolute Gasteiger partial charge is 0.452 e. The van der Waals surface area contributed by atoms with E-state index >= 15 is 0 Å². The van der Waals surface area contributed by atoms with Crippen LogP contribution < -0.4 is 5.32 Å². The third-order valence-electron chi connectivity index (χ3n) is 3.94. The van der Waals surface area contributed by atoms with Gasteiger partial charge >= 0.3 is 12.1 Å². The number of rotatable bonds is 7. The summed E-state index contributed by atoms with van der Waals surface area (Å²) in [6, 6.07) is 8.12. The van der Waals surface area contributed by atoms with Gasteiger partial charge in [-0.05, 0) is 42.0 Å². The van der Waals surface area contributed by atoms with E-state index in [1.807, 2.05) is 0 Å². The SMILES string of the molecule is CN(C)S(=O)(=O)c1cc(NC(=O)COC(=O)/C=C/c2cccc(C(F)(F)F)c2)ccc1Cl. The molecule has 0 unspecified atom stereocenters. The maximum atomic E-state index is 12.7. The van der Waals surface area contributed by atoms with Gasteiger partial charge in [0.25, 0.3) is 5.91 Å². The highest BCUT2D eigenvalue weighted by atomic mass is 35.5. The Morgan fingerprint density at radius 1 is 1.16 bits per heavy atom. The molecule has 2 aromatic carbocycles. The molecule has 0 saturated carbocycles. The molecule has 12 heteroatoms. The van der Waals surface area contributed by atoms with Crippen molar-refractivity contribution in [3.8, 4) is 0 Å². The van der Waals surface area contributed by atoms with Gasteiger partial charge in [-0.3, -0.25) is 4.79 Å². The molecule has 0 bridgehead atoms. The first kappa shape index (κ1) is 25.4. The second-order valence-corrected chi connectivity index (χ2v) is 9.07. The fraction of sp³-hybridized carbons (Fsp3) is 0.200. The lowest BCUT2D eigenvalue weighted by molar-refractivity contribution is -0.142. The van der Waals surface area contributed by atoms with Gasteiger partial charge in [0.2, 0.25) is 10.0 Å². The number of esters is 1. The van der Waals surface area contributed by atoms with Crippen LogP contribution in [0.15, 0.2) is 53.4 Å². The standard InChI is InChI=1S/C20H18ClF3N2O5S/c1-26(2)32(29,30)17-11-15(7-8-16(17)21)25-18(27)12-31-19(28)9-6-13-4-3-5-14(10-13)20(22,23)24/h3-11H,12H2,1-2H3,(H,25,27)/b9-6+. The van der Waals surface area contributed by atoms with E-state index in [4.69, 9.17) is 16.3 Å². The van der Waals surface area contributed by atoms with Crippen molar-refractivity contribution in [2.45, 2.75) is 11.1 Å². The lowest BCUT2D eigenvalue weighted by atomic mass is 10.1. The number of sulfonamides is 1. The Balaban J connectivity index is 1.98. The van der Waals surface area contributed by atoms with Crippen molar-refractivity contribution >= 4 is 45.3 Å². The molecule has 2 aromatic rings. The van der Waals surface area contributed by atoms with Gasteiger partial charge in [0, 0.05) is 25.9 Å². The molecule has 32 heavy (non-hydrogen) atoms. The molecule has 172 valence electrons. The molecule has 0 fully saturated rings. The van der Waals surface area contributed by atoms with Gasteiger partial charge in [0.05, 0.1) is 10.6 Å². The average molecular weight is 491 g/mol. The first-order chi connectivity index (χ1) is 14.8. The molecule has 0 aliphatic heterocycles. The van der Waals surface area contributed by atoms with Crippen molar-refractivity contribution in [3.05, 3.63) is 64.7 Å². The number of anilines is 1. The van der Waals surface area contributed by atoms with Crippen LogP contribution >= 0.6 is 11.6 Å². The number of hydrogen-bond donors (Lipinski definition) is 1. The highest BCUT2D eigenvalue weighted by molar-refractivity contribution is 7.89.